The fourth-order valence-electron chi connectivity index (χ4n) is 2.70. The number of aliphatic carboxylic acids is 1. The highest BCUT2D eigenvalue weighted by Crippen LogP contribution is 2.54. The summed E-state index contributed by atoms with van der Waals surface area (Å²) in [6, 6.07) is 0. The summed E-state index contributed by atoms with van der Waals surface area (Å²) in [6.45, 7) is 0. The third kappa shape index (κ3) is 1.00. The summed E-state index contributed by atoms with van der Waals surface area (Å²) < 4.78 is 15.3. The molecular weight excluding hydrogens is 204 g/mol. The first-order valence-electron chi connectivity index (χ1n) is 4.76. The minimum Gasteiger partial charge on any atom is -0.481 e. The second-order valence-electron chi connectivity index (χ2n) is 4.04. The molecule has 0 saturated carbocycles. The minimum atomic E-state index is -1.02. The van der Waals surface area contributed by atoms with E-state index >= 15 is 0 Å². The molecule has 2 bridgehead atoms. The van der Waals surface area contributed by atoms with E-state index in [2.05, 4.69) is 4.74 Å². The molecule has 6 nitrogen and oxygen atoms in total. The normalized spacial score (nSPS) is 49.9. The molecule has 3 aliphatic rings. The topological polar surface area (TPSA) is 85.4 Å². The highest BCUT2D eigenvalue weighted by Gasteiger charge is 2.72. The first kappa shape index (κ1) is 9.11. The summed E-state index contributed by atoms with van der Waals surface area (Å²) in [5, 5.41) is 9.04. The maximum atomic E-state index is 11.5. The van der Waals surface area contributed by atoms with Crippen molar-refractivity contribution in [1.29, 1.82) is 0 Å². The van der Waals surface area contributed by atoms with E-state index < -0.39 is 36.0 Å². The predicted octanol–water partition coefficient (Wildman–Crippen LogP) is -0.975. The molecule has 0 amide bonds. The lowest BCUT2D eigenvalue weighted by Crippen LogP contribution is -2.42. The van der Waals surface area contributed by atoms with Crippen LogP contribution in [0.25, 0.3) is 0 Å². The number of hydrogen-bond acceptors (Lipinski definition) is 5. The van der Waals surface area contributed by atoms with Gasteiger partial charge in [-0.15, -0.1) is 0 Å². The number of carbonyl (C=O) groups is 2. The van der Waals surface area contributed by atoms with E-state index in [9.17, 15) is 9.59 Å². The lowest BCUT2D eigenvalue weighted by molar-refractivity contribution is -0.155. The van der Waals surface area contributed by atoms with Crippen molar-refractivity contribution in [3.05, 3.63) is 0 Å². The monoisotopic (exact) mass is 214 g/mol. The molecule has 3 aliphatic heterocycles. The Morgan fingerprint density at radius 1 is 1.07 bits per heavy atom. The molecule has 3 heterocycles. The largest absolute Gasteiger partial charge is 0.481 e. The highest BCUT2D eigenvalue weighted by atomic mass is 16.7. The van der Waals surface area contributed by atoms with Crippen LogP contribution in [0.15, 0.2) is 0 Å². The molecule has 0 aromatic carbocycles. The predicted molar refractivity (Wildman–Crippen MR) is 44.0 cm³/mol. The molecule has 82 valence electrons. The molecule has 15 heavy (non-hydrogen) atoms. The van der Waals surface area contributed by atoms with Gasteiger partial charge in [0.15, 0.2) is 0 Å². The van der Waals surface area contributed by atoms with E-state index in [0.29, 0.717) is 0 Å². The van der Waals surface area contributed by atoms with E-state index in [4.69, 9.17) is 14.6 Å². The highest BCUT2D eigenvalue weighted by molar-refractivity contribution is 5.83. The van der Waals surface area contributed by atoms with Gasteiger partial charge in [-0.2, -0.15) is 0 Å². The number of esters is 1. The molecule has 3 saturated heterocycles. The Kier molecular flexibility index (Phi) is 1.64. The van der Waals surface area contributed by atoms with Crippen molar-refractivity contribution in [3.63, 3.8) is 0 Å². The van der Waals surface area contributed by atoms with Gasteiger partial charge in [-0.3, -0.25) is 9.59 Å². The first-order chi connectivity index (χ1) is 7.15. The van der Waals surface area contributed by atoms with Crippen LogP contribution in [0, 0.1) is 11.8 Å². The summed E-state index contributed by atoms with van der Waals surface area (Å²) in [5.41, 5.74) is 0. The number of fused-ring (bicyclic) bond motifs is 5. The maximum Gasteiger partial charge on any atom is 0.312 e. The van der Waals surface area contributed by atoms with Gasteiger partial charge in [-0.25, -0.2) is 0 Å². The number of carboxylic acid groups (broad SMARTS) is 1. The van der Waals surface area contributed by atoms with Crippen molar-refractivity contribution in [1.82, 2.24) is 0 Å². The first-order valence-corrected chi connectivity index (χ1v) is 4.76. The zero-order valence-corrected chi connectivity index (χ0v) is 7.95. The Balaban J connectivity index is 1.91. The molecule has 6 heteroatoms. The van der Waals surface area contributed by atoms with E-state index in [1.165, 1.54) is 7.11 Å². The van der Waals surface area contributed by atoms with Crippen LogP contribution in [0.5, 0.6) is 0 Å². The molecular formula is C9H10O6. The smallest absolute Gasteiger partial charge is 0.312 e. The summed E-state index contributed by atoms with van der Waals surface area (Å²) in [5.74, 6) is -3.09. The van der Waals surface area contributed by atoms with Gasteiger partial charge in [-0.05, 0) is 0 Å². The van der Waals surface area contributed by atoms with Crippen LogP contribution in [0.2, 0.25) is 0 Å². The zero-order chi connectivity index (χ0) is 10.7. The van der Waals surface area contributed by atoms with Gasteiger partial charge in [-0.1, -0.05) is 0 Å². The van der Waals surface area contributed by atoms with Gasteiger partial charge in [0, 0.05) is 0 Å². The Hall–Kier alpha value is -1.14. The summed E-state index contributed by atoms with van der Waals surface area (Å²) in [4.78, 5) is 22.5. The molecule has 3 fully saturated rings. The van der Waals surface area contributed by atoms with Crippen LogP contribution in [-0.2, 0) is 23.8 Å². The van der Waals surface area contributed by atoms with Crippen LogP contribution >= 0.6 is 0 Å². The number of ether oxygens (including phenoxy) is 3. The molecule has 0 aliphatic carbocycles. The number of methoxy groups -OCH3 is 1. The summed E-state index contributed by atoms with van der Waals surface area (Å²) >= 11 is 0. The van der Waals surface area contributed by atoms with Gasteiger partial charge >= 0.3 is 11.9 Å². The van der Waals surface area contributed by atoms with Crippen molar-refractivity contribution in [2.24, 2.45) is 11.8 Å². The van der Waals surface area contributed by atoms with Crippen molar-refractivity contribution in [2.45, 2.75) is 24.4 Å². The van der Waals surface area contributed by atoms with Crippen molar-refractivity contribution in [2.75, 3.05) is 7.11 Å². The van der Waals surface area contributed by atoms with Gasteiger partial charge < -0.3 is 19.3 Å². The quantitative estimate of drug-likeness (QED) is 0.470. The standard InChI is InChI=1S/C9H10O6/c1-13-9(12)3-2(8(10)11)4-6-7(15-6)5(3)14-4/h2-7H,1H3,(H,10,11)/t2-,3+,4-,5+,6-,7+/m1/s1. The molecule has 3 rings (SSSR count). The van der Waals surface area contributed by atoms with Gasteiger partial charge in [0.05, 0.1) is 7.11 Å². The second kappa shape index (κ2) is 2.70. The summed E-state index contributed by atoms with van der Waals surface area (Å²) in [7, 11) is 1.25. The molecule has 0 unspecified atom stereocenters. The number of rotatable bonds is 2. The van der Waals surface area contributed by atoms with E-state index in [1.54, 1.807) is 0 Å². The zero-order valence-electron chi connectivity index (χ0n) is 7.95. The minimum absolute atomic E-state index is 0.102. The molecule has 1 N–H and O–H groups in total. The average Bonchev–Trinajstić information content (AvgIpc) is 2.83. The van der Waals surface area contributed by atoms with Crippen molar-refractivity contribution in [3.8, 4) is 0 Å². The van der Waals surface area contributed by atoms with Crippen LogP contribution in [0.1, 0.15) is 0 Å². The van der Waals surface area contributed by atoms with Gasteiger partial charge in [0.25, 0.3) is 0 Å². The molecule has 0 radical (unpaired) electrons. The average molecular weight is 214 g/mol. The Labute approximate surface area is 85.1 Å². The fraction of sp³-hybridized carbons (Fsp3) is 0.778. The SMILES string of the molecule is COC(=O)[C@@H]1[C@@H]2O[C@@H]([C@H]3O[C@H]32)[C@@H]1C(=O)O. The lowest BCUT2D eigenvalue weighted by Gasteiger charge is -2.19. The van der Waals surface area contributed by atoms with Crippen LogP contribution in [0.3, 0.4) is 0 Å². The molecule has 0 aromatic heterocycles. The summed E-state index contributed by atoms with van der Waals surface area (Å²) in [6.07, 6.45) is -1.15. The second-order valence-corrected chi connectivity index (χ2v) is 4.04. The number of hydrogen-bond donors (Lipinski definition) is 1. The van der Waals surface area contributed by atoms with E-state index in [1.807, 2.05) is 0 Å². The third-order valence-corrected chi connectivity index (χ3v) is 3.38. The maximum absolute atomic E-state index is 11.5. The molecule has 0 spiro atoms. The third-order valence-electron chi connectivity index (χ3n) is 3.38. The van der Waals surface area contributed by atoms with Crippen LogP contribution in [0.4, 0.5) is 0 Å². The number of epoxide rings is 1. The van der Waals surface area contributed by atoms with Crippen molar-refractivity contribution < 1.29 is 28.9 Å². The van der Waals surface area contributed by atoms with Crippen LogP contribution < -0.4 is 0 Å². The Bertz CT molecular complexity index is 339. The van der Waals surface area contributed by atoms with Crippen LogP contribution in [-0.4, -0.2) is 48.6 Å². The van der Waals surface area contributed by atoms with Crippen molar-refractivity contribution >= 4 is 11.9 Å². The Morgan fingerprint density at radius 3 is 2.13 bits per heavy atom. The van der Waals surface area contributed by atoms with E-state index in [-0.39, 0.29) is 12.2 Å². The Morgan fingerprint density at radius 2 is 1.60 bits per heavy atom. The molecule has 6 atom stereocenters. The van der Waals surface area contributed by atoms with E-state index in [0.717, 1.165) is 0 Å². The number of carbonyl (C=O) groups excluding carboxylic acids is 1. The lowest BCUT2D eigenvalue weighted by atomic mass is 9.79. The van der Waals surface area contributed by atoms with Gasteiger partial charge in [0.1, 0.15) is 36.3 Å². The molecule has 0 aromatic rings. The fourth-order valence-corrected chi connectivity index (χ4v) is 2.70. The van der Waals surface area contributed by atoms with Gasteiger partial charge in [0.2, 0.25) is 0 Å². The number of carboxylic acids is 1.